The third-order valence-corrected chi connectivity index (χ3v) is 1.81. The van der Waals surface area contributed by atoms with Crippen LogP contribution < -0.4 is 0 Å². The lowest BCUT2D eigenvalue weighted by atomic mass is 10.3. The number of allylic oxidation sites excluding steroid dienone is 5. The van der Waals surface area contributed by atoms with Crippen LogP contribution in [0, 0.1) is 0 Å². The summed E-state index contributed by atoms with van der Waals surface area (Å²) in [7, 11) is 0. The monoisotopic (exact) mass is 154 g/mol. The largest absolute Gasteiger partial charge is 0.134 e. The quantitative estimate of drug-likeness (QED) is 0.561. The van der Waals surface area contributed by atoms with E-state index in [0.717, 1.165) is 5.57 Å². The fraction of sp³-hybridized carbons (Fsp3) is 0.333. The van der Waals surface area contributed by atoms with Gasteiger partial charge in [0, 0.05) is 0 Å². The van der Waals surface area contributed by atoms with Crippen molar-refractivity contribution in [3.8, 4) is 0 Å². The molecule has 0 nitrogen and oxygen atoms in total. The second-order valence-electron chi connectivity index (χ2n) is 2.19. The van der Waals surface area contributed by atoms with Gasteiger partial charge in [0.25, 0.3) is 0 Å². The second-order valence-corrected chi connectivity index (χ2v) is 3.24. The highest BCUT2D eigenvalue weighted by Crippen LogP contribution is 2.08. The summed E-state index contributed by atoms with van der Waals surface area (Å²) in [6, 6.07) is 0. The SMILES string of the molecule is C=C(C)C=CC=C(C)SC. The van der Waals surface area contributed by atoms with Gasteiger partial charge in [-0.2, -0.15) is 0 Å². The van der Waals surface area contributed by atoms with Gasteiger partial charge >= 0.3 is 0 Å². The van der Waals surface area contributed by atoms with Crippen molar-refractivity contribution >= 4 is 11.8 Å². The van der Waals surface area contributed by atoms with Gasteiger partial charge in [0.2, 0.25) is 0 Å². The lowest BCUT2D eigenvalue weighted by molar-refractivity contribution is 1.55. The van der Waals surface area contributed by atoms with Crippen LogP contribution in [-0.2, 0) is 0 Å². The average molecular weight is 154 g/mol. The summed E-state index contributed by atoms with van der Waals surface area (Å²) in [4.78, 5) is 1.32. The van der Waals surface area contributed by atoms with Crippen LogP contribution in [0.5, 0.6) is 0 Å². The molecule has 0 bridgehead atoms. The van der Waals surface area contributed by atoms with Crippen molar-refractivity contribution in [1.29, 1.82) is 0 Å². The summed E-state index contributed by atoms with van der Waals surface area (Å²) in [5, 5.41) is 0. The number of hydrogen-bond donors (Lipinski definition) is 0. The molecule has 0 N–H and O–H groups in total. The Morgan fingerprint density at radius 1 is 1.40 bits per heavy atom. The normalized spacial score (nSPS) is 12.5. The van der Waals surface area contributed by atoms with Crippen molar-refractivity contribution in [1.82, 2.24) is 0 Å². The summed E-state index contributed by atoms with van der Waals surface area (Å²) in [6.07, 6.45) is 8.17. The Morgan fingerprint density at radius 2 is 2.00 bits per heavy atom. The minimum absolute atomic E-state index is 1.09. The van der Waals surface area contributed by atoms with Gasteiger partial charge in [0.1, 0.15) is 0 Å². The van der Waals surface area contributed by atoms with Crippen LogP contribution in [0.4, 0.5) is 0 Å². The number of hydrogen-bond acceptors (Lipinski definition) is 1. The molecule has 0 aliphatic rings. The van der Waals surface area contributed by atoms with E-state index in [1.807, 2.05) is 19.1 Å². The van der Waals surface area contributed by atoms with Gasteiger partial charge in [0.05, 0.1) is 0 Å². The zero-order chi connectivity index (χ0) is 7.98. The first-order valence-corrected chi connectivity index (χ1v) is 4.43. The Balaban J connectivity index is 3.82. The van der Waals surface area contributed by atoms with Gasteiger partial charge in [-0.25, -0.2) is 0 Å². The lowest BCUT2D eigenvalue weighted by Crippen LogP contribution is -1.63. The minimum atomic E-state index is 1.09. The third-order valence-electron chi connectivity index (χ3n) is 1.03. The maximum absolute atomic E-state index is 3.75. The fourth-order valence-corrected chi connectivity index (χ4v) is 0.631. The van der Waals surface area contributed by atoms with E-state index in [4.69, 9.17) is 0 Å². The summed E-state index contributed by atoms with van der Waals surface area (Å²) >= 11 is 1.76. The van der Waals surface area contributed by atoms with Crippen molar-refractivity contribution in [2.24, 2.45) is 0 Å². The molecule has 0 aromatic heterocycles. The molecular formula is C9H14S. The van der Waals surface area contributed by atoms with E-state index in [2.05, 4.69) is 25.8 Å². The predicted molar refractivity (Wildman–Crippen MR) is 51.2 cm³/mol. The predicted octanol–water partition coefficient (Wildman–Crippen LogP) is 3.39. The standard InChI is InChI=1S/C9H14S/c1-8(2)6-5-7-9(3)10-4/h5-7H,1H2,2-4H3. The van der Waals surface area contributed by atoms with E-state index in [-0.39, 0.29) is 0 Å². The Morgan fingerprint density at radius 3 is 2.40 bits per heavy atom. The van der Waals surface area contributed by atoms with E-state index in [1.165, 1.54) is 4.91 Å². The molecule has 1 heteroatoms. The number of thioether (sulfide) groups is 1. The van der Waals surface area contributed by atoms with Crippen LogP contribution in [0.15, 0.2) is 35.3 Å². The van der Waals surface area contributed by atoms with Crippen molar-refractivity contribution in [2.45, 2.75) is 13.8 Å². The zero-order valence-electron chi connectivity index (χ0n) is 6.85. The Bertz CT molecular complexity index is 164. The molecule has 10 heavy (non-hydrogen) atoms. The Hall–Kier alpha value is -0.430. The molecular weight excluding hydrogens is 140 g/mol. The number of rotatable bonds is 3. The summed E-state index contributed by atoms with van der Waals surface area (Å²) < 4.78 is 0. The molecule has 56 valence electrons. The first kappa shape index (κ1) is 9.57. The summed E-state index contributed by atoms with van der Waals surface area (Å²) in [6.45, 7) is 7.83. The maximum Gasteiger partial charge on any atom is -0.0140 e. The molecule has 0 unspecified atom stereocenters. The van der Waals surface area contributed by atoms with Crippen LogP contribution in [0.1, 0.15) is 13.8 Å². The van der Waals surface area contributed by atoms with E-state index >= 15 is 0 Å². The lowest BCUT2D eigenvalue weighted by Gasteiger charge is -1.88. The maximum atomic E-state index is 3.75. The van der Waals surface area contributed by atoms with E-state index < -0.39 is 0 Å². The molecule has 0 aliphatic heterocycles. The zero-order valence-corrected chi connectivity index (χ0v) is 7.66. The highest BCUT2D eigenvalue weighted by atomic mass is 32.2. The molecule has 0 aromatic carbocycles. The van der Waals surface area contributed by atoms with Crippen molar-refractivity contribution in [2.75, 3.05) is 6.26 Å². The molecule has 0 fully saturated rings. The Labute approximate surface area is 67.7 Å². The van der Waals surface area contributed by atoms with Crippen LogP contribution in [0.3, 0.4) is 0 Å². The molecule has 0 aromatic rings. The van der Waals surface area contributed by atoms with Gasteiger partial charge in [0.15, 0.2) is 0 Å². The van der Waals surface area contributed by atoms with E-state index in [1.54, 1.807) is 11.8 Å². The molecule has 0 aliphatic carbocycles. The van der Waals surface area contributed by atoms with Crippen molar-refractivity contribution in [3.05, 3.63) is 35.3 Å². The molecule has 0 saturated heterocycles. The van der Waals surface area contributed by atoms with Gasteiger partial charge in [-0.15, -0.1) is 11.8 Å². The van der Waals surface area contributed by atoms with Crippen LogP contribution in [0.25, 0.3) is 0 Å². The molecule has 0 spiro atoms. The molecule has 0 radical (unpaired) electrons. The van der Waals surface area contributed by atoms with Crippen LogP contribution in [0.2, 0.25) is 0 Å². The van der Waals surface area contributed by atoms with Crippen LogP contribution in [-0.4, -0.2) is 6.26 Å². The Kier molecular flexibility index (Phi) is 5.13. The van der Waals surface area contributed by atoms with Gasteiger partial charge in [-0.1, -0.05) is 30.4 Å². The molecule has 0 heterocycles. The first-order chi connectivity index (χ1) is 4.66. The van der Waals surface area contributed by atoms with Gasteiger partial charge in [-0.05, 0) is 25.0 Å². The fourth-order valence-electron chi connectivity index (χ4n) is 0.416. The van der Waals surface area contributed by atoms with Crippen molar-refractivity contribution in [3.63, 3.8) is 0 Å². The summed E-state index contributed by atoms with van der Waals surface area (Å²) in [5.74, 6) is 0. The minimum Gasteiger partial charge on any atom is -0.134 e. The van der Waals surface area contributed by atoms with Crippen molar-refractivity contribution < 1.29 is 0 Å². The van der Waals surface area contributed by atoms with E-state index in [0.29, 0.717) is 0 Å². The van der Waals surface area contributed by atoms with E-state index in [9.17, 15) is 0 Å². The van der Waals surface area contributed by atoms with Gasteiger partial charge in [-0.3, -0.25) is 0 Å². The summed E-state index contributed by atoms with van der Waals surface area (Å²) in [5.41, 5.74) is 1.09. The smallest absolute Gasteiger partial charge is 0.0140 e. The molecule has 0 rings (SSSR count). The third kappa shape index (κ3) is 5.70. The second kappa shape index (κ2) is 5.36. The van der Waals surface area contributed by atoms with Crippen LogP contribution >= 0.6 is 11.8 Å². The molecule has 0 atom stereocenters. The highest BCUT2D eigenvalue weighted by Gasteiger charge is 1.78. The average Bonchev–Trinajstić information content (AvgIpc) is 1.87. The van der Waals surface area contributed by atoms with Gasteiger partial charge < -0.3 is 0 Å². The molecule has 0 amide bonds. The first-order valence-electron chi connectivity index (χ1n) is 3.21. The molecule has 0 saturated carbocycles. The highest BCUT2D eigenvalue weighted by molar-refractivity contribution is 8.02. The topological polar surface area (TPSA) is 0 Å².